The van der Waals surface area contributed by atoms with Crippen LogP contribution >= 0.6 is 0 Å². The molecule has 138 heavy (non-hydrogen) atoms. The topological polar surface area (TPSA) is 111 Å². The second-order valence-corrected chi connectivity index (χ2v) is 38.7. The van der Waals surface area contributed by atoms with Crippen molar-refractivity contribution in [3.05, 3.63) is 146 Å². The van der Waals surface area contributed by atoms with Crippen LogP contribution in [0, 0.1) is 0 Å². The van der Waals surface area contributed by atoms with Gasteiger partial charge in [-0.2, -0.15) is 0 Å². The van der Waals surface area contributed by atoms with Crippen molar-refractivity contribution in [3.8, 4) is 136 Å². The number of hydrogen-bond donors (Lipinski definition) is 0. The lowest BCUT2D eigenvalue weighted by Gasteiger charge is -2.24. The van der Waals surface area contributed by atoms with Gasteiger partial charge >= 0.3 is 0 Å². The molecule has 0 aromatic heterocycles. The third-order valence-electron chi connectivity index (χ3n) is 26.9. The molecule has 0 aliphatic rings. The van der Waals surface area contributed by atoms with Crippen molar-refractivity contribution >= 4 is 32.3 Å². The first-order chi connectivity index (χ1) is 68.1. The summed E-state index contributed by atoms with van der Waals surface area (Å²) < 4.78 is 85.2. The van der Waals surface area contributed by atoms with Crippen LogP contribution in [0.5, 0.6) is 69.0 Å². The smallest absolute Gasteiger partial charge is 0.130 e. The second kappa shape index (κ2) is 65.6. The molecule has 10 aromatic rings. The minimum absolute atomic E-state index is 0.552. The van der Waals surface area contributed by atoms with E-state index in [9.17, 15) is 0 Å². The first-order valence-corrected chi connectivity index (χ1v) is 56.0. The Morgan fingerprint density at radius 1 is 0.116 bits per heavy atom. The van der Waals surface area contributed by atoms with Gasteiger partial charge in [-0.05, 0) is 252 Å². The molecule has 0 aliphatic carbocycles. The van der Waals surface area contributed by atoms with E-state index in [-0.39, 0.29) is 0 Å². The standard InChI is InChI=1S/C126H180O12/c1-13-25-37-49-73-127-97-61-67-103(121(85-97)133-79-55-43-31-19-7)109-91-115-116(92-110(109)104-68-62-98(128-74-50-38-26-14-2)86-122(104)134-80-56-44-32-20-8)118-94-112(106-70-64-100(130-76-52-40-28-16-4)88-124(106)136-82-58-46-34-22-10)114(108-72-66-102(132-78-54-42-30-18-6)90-126(108)138-84-60-48-36-24-12)96-120(118)119-95-113(107-71-65-101(131-77-53-41-29-17-5)89-125(107)137-83-59-47-35-23-11)111(93-117(115)119)105-69-63-99(129-75-51-39-27-15-3)87-123(105)135-81-57-45-33-21-9/h61-72,85-96H,13-60,73-84H2,1-12H3. The average molecular weight is 1890 g/mol. The summed E-state index contributed by atoms with van der Waals surface area (Å²) in [6.07, 6.45) is 52.0. The molecule has 0 amide bonds. The van der Waals surface area contributed by atoms with Gasteiger partial charge in [0.2, 0.25) is 0 Å². The van der Waals surface area contributed by atoms with E-state index >= 15 is 0 Å². The lowest BCUT2D eigenvalue weighted by atomic mass is 9.82. The summed E-state index contributed by atoms with van der Waals surface area (Å²) in [5, 5.41) is 6.37. The van der Waals surface area contributed by atoms with Crippen molar-refractivity contribution in [1.29, 1.82) is 0 Å². The van der Waals surface area contributed by atoms with Crippen molar-refractivity contribution in [1.82, 2.24) is 0 Å². The molecular weight excluding hydrogens is 1710 g/mol. The molecule has 0 N–H and O–H groups in total. The van der Waals surface area contributed by atoms with Gasteiger partial charge in [-0.15, -0.1) is 0 Å². The molecule has 12 nitrogen and oxygen atoms in total. The maximum absolute atomic E-state index is 7.37. The Labute approximate surface area is 835 Å². The van der Waals surface area contributed by atoms with Crippen LogP contribution in [0.4, 0.5) is 0 Å². The fourth-order valence-corrected chi connectivity index (χ4v) is 18.7. The second-order valence-electron chi connectivity index (χ2n) is 38.7. The molecule has 10 aromatic carbocycles. The highest BCUT2D eigenvalue weighted by Crippen LogP contribution is 2.55. The first kappa shape index (κ1) is 111. The van der Waals surface area contributed by atoms with Gasteiger partial charge in [0, 0.05) is 69.8 Å². The molecule has 0 saturated heterocycles. The van der Waals surface area contributed by atoms with E-state index in [1.54, 1.807) is 0 Å². The van der Waals surface area contributed by atoms with Gasteiger partial charge in [-0.3, -0.25) is 0 Å². The molecule has 0 radical (unpaired) electrons. The predicted molar refractivity (Wildman–Crippen MR) is 587 cm³/mol. The predicted octanol–water partition coefficient (Wildman–Crippen LogP) is 38.7. The minimum Gasteiger partial charge on any atom is -0.493 e. The van der Waals surface area contributed by atoms with Crippen LogP contribution < -0.4 is 56.8 Å². The van der Waals surface area contributed by atoms with Gasteiger partial charge in [-0.25, -0.2) is 0 Å². The molecule has 0 atom stereocenters. The Kier molecular flexibility index (Phi) is 52.5. The summed E-state index contributed by atoms with van der Waals surface area (Å²) in [6, 6.07) is 54.9. The molecule has 0 bridgehead atoms. The Balaban J connectivity index is 1.47. The number of rotatable bonds is 78. The SMILES string of the molecule is CCCCCCOc1ccc(-c2cc3c4cc(-c5ccc(OCCCCCC)cc5OCCCCCC)c(-c5ccc(OCCCCCC)cc5OCCCCCC)cc4c4cc(-c5ccc(OCCCCCC)cc5OCCCCCC)c(-c5ccc(OCCCCCC)cc5OCCCCCC)cc4c3cc2-c2ccc(OCCCCCC)cc2OCCCCCC)c(OCCCCCC)c1. The summed E-state index contributed by atoms with van der Waals surface area (Å²) in [5.41, 5.74) is 11.8. The lowest BCUT2D eigenvalue weighted by molar-refractivity contribution is 0.290. The van der Waals surface area contributed by atoms with E-state index in [1.807, 2.05) is 0 Å². The third-order valence-corrected chi connectivity index (χ3v) is 26.9. The summed E-state index contributed by atoms with van der Waals surface area (Å²) in [6.45, 7) is 34.3. The van der Waals surface area contributed by atoms with Crippen LogP contribution in [0.3, 0.4) is 0 Å². The molecular formula is C126H180O12. The van der Waals surface area contributed by atoms with E-state index in [0.29, 0.717) is 79.3 Å². The minimum atomic E-state index is 0.552. The van der Waals surface area contributed by atoms with Crippen LogP contribution in [0.25, 0.3) is 99.1 Å². The normalized spacial score (nSPS) is 11.5. The highest BCUT2D eigenvalue weighted by atomic mass is 16.5. The zero-order valence-electron chi connectivity index (χ0n) is 88.2. The van der Waals surface area contributed by atoms with Gasteiger partial charge in [0.25, 0.3) is 0 Å². The van der Waals surface area contributed by atoms with E-state index in [0.717, 1.165) is 438 Å². The van der Waals surface area contributed by atoms with E-state index < -0.39 is 0 Å². The molecule has 0 aliphatic heterocycles. The fraction of sp³-hybridized carbons (Fsp3) is 0.571. The molecule has 10 rings (SSSR count). The van der Waals surface area contributed by atoms with Gasteiger partial charge in [0.05, 0.1) is 79.3 Å². The fourth-order valence-electron chi connectivity index (χ4n) is 18.7. The number of fused-ring (bicyclic) bond motifs is 6. The van der Waals surface area contributed by atoms with E-state index in [1.165, 1.54) is 38.5 Å². The molecule has 0 spiro atoms. The first-order valence-electron chi connectivity index (χ1n) is 56.0. The average Bonchev–Trinajstić information content (AvgIpc) is 0.706. The molecule has 12 heteroatoms. The summed E-state index contributed by atoms with van der Waals surface area (Å²) in [7, 11) is 0. The van der Waals surface area contributed by atoms with Crippen molar-refractivity contribution in [2.75, 3.05) is 79.3 Å². The van der Waals surface area contributed by atoms with Gasteiger partial charge in [-0.1, -0.05) is 314 Å². The molecule has 756 valence electrons. The van der Waals surface area contributed by atoms with Gasteiger partial charge < -0.3 is 56.8 Å². The van der Waals surface area contributed by atoms with Gasteiger partial charge in [0.15, 0.2) is 0 Å². The summed E-state index contributed by atoms with van der Waals surface area (Å²) >= 11 is 0. The van der Waals surface area contributed by atoms with Crippen molar-refractivity contribution < 1.29 is 56.8 Å². The van der Waals surface area contributed by atoms with Crippen LogP contribution in [0.2, 0.25) is 0 Å². The van der Waals surface area contributed by atoms with E-state index in [4.69, 9.17) is 56.8 Å². The lowest BCUT2D eigenvalue weighted by Crippen LogP contribution is -2.04. The Bertz CT molecular complexity index is 4240. The van der Waals surface area contributed by atoms with Crippen LogP contribution in [-0.4, -0.2) is 79.3 Å². The summed E-state index contributed by atoms with van der Waals surface area (Å²) in [5.74, 6) is 9.47. The zero-order valence-corrected chi connectivity index (χ0v) is 88.2. The van der Waals surface area contributed by atoms with E-state index in [2.05, 4.69) is 229 Å². The highest BCUT2D eigenvalue weighted by molar-refractivity contribution is 6.29. The molecule has 0 fully saturated rings. The molecule has 0 heterocycles. The number of ether oxygens (including phenoxy) is 12. The van der Waals surface area contributed by atoms with Gasteiger partial charge in [0.1, 0.15) is 69.0 Å². The van der Waals surface area contributed by atoms with Crippen molar-refractivity contribution in [2.45, 2.75) is 391 Å². The third kappa shape index (κ3) is 35.7. The molecule has 0 saturated carbocycles. The maximum Gasteiger partial charge on any atom is 0.130 e. The number of unbranched alkanes of at least 4 members (excludes halogenated alkanes) is 36. The van der Waals surface area contributed by atoms with Crippen molar-refractivity contribution in [2.24, 2.45) is 0 Å². The monoisotopic (exact) mass is 1890 g/mol. The summed E-state index contributed by atoms with van der Waals surface area (Å²) in [4.78, 5) is 0. The largest absolute Gasteiger partial charge is 0.493 e. The zero-order chi connectivity index (χ0) is 97.2. The highest BCUT2D eigenvalue weighted by Gasteiger charge is 2.29. The Hall–Kier alpha value is -9.42. The number of benzene rings is 10. The van der Waals surface area contributed by atoms with Crippen LogP contribution in [0.1, 0.15) is 391 Å². The maximum atomic E-state index is 7.37. The Morgan fingerprint density at radius 2 is 0.232 bits per heavy atom. The van der Waals surface area contributed by atoms with Crippen LogP contribution in [-0.2, 0) is 0 Å². The Morgan fingerprint density at radius 3 is 0.348 bits per heavy atom. The van der Waals surface area contributed by atoms with Crippen LogP contribution in [0.15, 0.2) is 146 Å². The quantitative estimate of drug-likeness (QED) is 0.0267. The van der Waals surface area contributed by atoms with Crippen molar-refractivity contribution in [3.63, 3.8) is 0 Å². The number of hydrogen-bond acceptors (Lipinski definition) is 12. The molecule has 0 unspecified atom stereocenters.